The van der Waals surface area contributed by atoms with Crippen LogP contribution in [0.2, 0.25) is 0 Å². The van der Waals surface area contributed by atoms with E-state index >= 15 is 0 Å². The maximum Gasteiger partial charge on any atom is 0.224 e. The van der Waals surface area contributed by atoms with Gasteiger partial charge >= 0.3 is 0 Å². The van der Waals surface area contributed by atoms with Crippen LogP contribution in [-0.2, 0) is 14.3 Å². The molecule has 2 heterocycles. The Hall–Kier alpha value is -1.34. The molecule has 2 atom stereocenters. The van der Waals surface area contributed by atoms with Crippen molar-refractivity contribution in [2.75, 3.05) is 53.1 Å². The summed E-state index contributed by atoms with van der Waals surface area (Å²) >= 11 is 0. The minimum absolute atomic E-state index is 0.240. The molecular formula is C19H36N4O3. The molecule has 0 spiro atoms. The molecule has 7 heteroatoms. The predicted molar refractivity (Wildman–Crippen MR) is 103 cm³/mol. The summed E-state index contributed by atoms with van der Waals surface area (Å²) in [6.45, 7) is 7.71. The fraction of sp³-hybridized carbons (Fsp3) is 0.895. The van der Waals surface area contributed by atoms with Gasteiger partial charge < -0.3 is 25.0 Å². The number of aliphatic imine (C=N–C) groups is 1. The van der Waals surface area contributed by atoms with Crippen LogP contribution in [0.25, 0.3) is 0 Å². The van der Waals surface area contributed by atoms with Crippen molar-refractivity contribution >= 4 is 11.9 Å². The predicted octanol–water partition coefficient (Wildman–Crippen LogP) is 1.39. The van der Waals surface area contributed by atoms with Gasteiger partial charge in [0.2, 0.25) is 5.91 Å². The molecule has 0 saturated carbocycles. The summed E-state index contributed by atoms with van der Waals surface area (Å²) in [5.41, 5.74) is 0. The lowest BCUT2D eigenvalue weighted by Gasteiger charge is -2.33. The highest BCUT2D eigenvalue weighted by atomic mass is 16.5. The SMILES string of the molecule is CN=C(NCCCOCC1CCOC1)NCCC(=O)N1CCCCC1C. The van der Waals surface area contributed by atoms with Crippen LogP contribution in [0.5, 0.6) is 0 Å². The highest BCUT2D eigenvalue weighted by molar-refractivity contribution is 5.81. The second-order valence-corrected chi connectivity index (χ2v) is 7.27. The Morgan fingerprint density at radius 2 is 2.12 bits per heavy atom. The first-order valence-electron chi connectivity index (χ1n) is 10.1. The third kappa shape index (κ3) is 7.50. The number of piperidine rings is 1. The van der Waals surface area contributed by atoms with E-state index in [9.17, 15) is 4.79 Å². The Morgan fingerprint density at radius 1 is 1.27 bits per heavy atom. The maximum atomic E-state index is 12.3. The number of ether oxygens (including phenoxy) is 2. The summed E-state index contributed by atoms with van der Waals surface area (Å²) in [7, 11) is 1.75. The van der Waals surface area contributed by atoms with Crippen molar-refractivity contribution in [1.82, 2.24) is 15.5 Å². The Labute approximate surface area is 157 Å². The molecule has 0 radical (unpaired) electrons. The van der Waals surface area contributed by atoms with Crippen molar-refractivity contribution in [2.45, 2.75) is 51.5 Å². The van der Waals surface area contributed by atoms with Crippen molar-refractivity contribution in [1.29, 1.82) is 0 Å². The molecule has 2 fully saturated rings. The summed E-state index contributed by atoms with van der Waals surface area (Å²) < 4.78 is 11.0. The third-order valence-electron chi connectivity index (χ3n) is 5.11. The number of amides is 1. The number of nitrogens with zero attached hydrogens (tertiary/aromatic N) is 2. The lowest BCUT2D eigenvalue weighted by molar-refractivity contribution is -0.134. The Morgan fingerprint density at radius 3 is 2.85 bits per heavy atom. The van der Waals surface area contributed by atoms with E-state index in [0.717, 1.165) is 71.2 Å². The summed E-state index contributed by atoms with van der Waals surface area (Å²) in [6, 6.07) is 0.379. The minimum atomic E-state index is 0.240. The number of hydrogen-bond acceptors (Lipinski definition) is 4. The van der Waals surface area contributed by atoms with Gasteiger partial charge in [-0.2, -0.15) is 0 Å². The van der Waals surface area contributed by atoms with Gasteiger partial charge in [-0.3, -0.25) is 9.79 Å². The number of carbonyl (C=O) groups excluding carboxylic acids is 1. The second kappa shape index (κ2) is 12.1. The van der Waals surface area contributed by atoms with E-state index in [-0.39, 0.29) is 5.91 Å². The van der Waals surface area contributed by atoms with Crippen LogP contribution in [0.4, 0.5) is 0 Å². The first kappa shape index (κ1) is 21.0. The monoisotopic (exact) mass is 368 g/mol. The van der Waals surface area contributed by atoms with E-state index < -0.39 is 0 Å². The van der Waals surface area contributed by atoms with E-state index in [1.165, 1.54) is 6.42 Å². The van der Waals surface area contributed by atoms with Gasteiger partial charge in [0.15, 0.2) is 5.96 Å². The van der Waals surface area contributed by atoms with Crippen LogP contribution in [0.3, 0.4) is 0 Å². The van der Waals surface area contributed by atoms with E-state index in [2.05, 4.69) is 22.5 Å². The smallest absolute Gasteiger partial charge is 0.224 e. The average molecular weight is 369 g/mol. The van der Waals surface area contributed by atoms with Crippen LogP contribution in [0.1, 0.15) is 45.4 Å². The molecule has 0 aliphatic carbocycles. The number of likely N-dealkylation sites (tertiary alicyclic amines) is 1. The number of rotatable bonds is 9. The van der Waals surface area contributed by atoms with Crippen molar-refractivity contribution in [2.24, 2.45) is 10.9 Å². The molecule has 2 aliphatic heterocycles. The molecule has 0 aromatic rings. The van der Waals surface area contributed by atoms with Crippen molar-refractivity contribution in [3.63, 3.8) is 0 Å². The van der Waals surface area contributed by atoms with Crippen LogP contribution in [-0.4, -0.2) is 75.9 Å². The zero-order valence-electron chi connectivity index (χ0n) is 16.5. The van der Waals surface area contributed by atoms with Crippen LogP contribution < -0.4 is 10.6 Å². The molecule has 0 bridgehead atoms. The van der Waals surface area contributed by atoms with Gasteiger partial charge in [-0.15, -0.1) is 0 Å². The van der Waals surface area contributed by atoms with Gasteiger partial charge in [0.25, 0.3) is 0 Å². The quantitative estimate of drug-likeness (QED) is 0.365. The van der Waals surface area contributed by atoms with Gasteiger partial charge in [-0.05, 0) is 39.0 Å². The summed E-state index contributed by atoms with van der Waals surface area (Å²) in [5, 5.41) is 6.49. The fourth-order valence-corrected chi connectivity index (χ4v) is 3.47. The molecule has 2 aliphatic rings. The van der Waals surface area contributed by atoms with E-state index in [4.69, 9.17) is 9.47 Å². The van der Waals surface area contributed by atoms with Crippen molar-refractivity contribution in [3.05, 3.63) is 0 Å². The normalized spacial score (nSPS) is 23.9. The molecule has 2 N–H and O–H groups in total. The van der Waals surface area contributed by atoms with Crippen molar-refractivity contribution in [3.8, 4) is 0 Å². The lowest BCUT2D eigenvalue weighted by atomic mass is 10.0. The van der Waals surface area contributed by atoms with Crippen molar-refractivity contribution < 1.29 is 14.3 Å². The first-order valence-corrected chi connectivity index (χ1v) is 10.1. The number of nitrogens with one attached hydrogen (secondary N) is 2. The molecule has 2 unspecified atom stereocenters. The summed E-state index contributed by atoms with van der Waals surface area (Å²) in [4.78, 5) is 18.5. The molecule has 150 valence electrons. The van der Waals surface area contributed by atoms with Crippen LogP contribution >= 0.6 is 0 Å². The fourth-order valence-electron chi connectivity index (χ4n) is 3.47. The number of carbonyl (C=O) groups is 1. The summed E-state index contributed by atoms with van der Waals surface area (Å²) in [6.07, 6.45) is 6.04. The lowest BCUT2D eigenvalue weighted by Crippen LogP contribution is -2.44. The topological polar surface area (TPSA) is 75.2 Å². The van der Waals surface area contributed by atoms with Gasteiger partial charge in [0, 0.05) is 58.3 Å². The molecule has 7 nitrogen and oxygen atoms in total. The van der Waals surface area contributed by atoms with Crippen LogP contribution in [0.15, 0.2) is 4.99 Å². The van der Waals surface area contributed by atoms with Gasteiger partial charge in [0.05, 0.1) is 13.2 Å². The molecule has 0 aromatic heterocycles. The Kier molecular flexibility index (Phi) is 9.77. The van der Waals surface area contributed by atoms with Gasteiger partial charge in [0.1, 0.15) is 0 Å². The molecule has 0 aromatic carbocycles. The number of hydrogen-bond donors (Lipinski definition) is 2. The number of guanidine groups is 1. The Bertz CT molecular complexity index is 439. The van der Waals surface area contributed by atoms with E-state index in [0.29, 0.717) is 24.9 Å². The standard InChI is InChI=1S/C19H36N4O3/c1-16-6-3-4-11-23(16)18(24)7-10-22-19(20-2)21-9-5-12-25-14-17-8-13-26-15-17/h16-17H,3-15H2,1-2H3,(H2,20,21,22). The van der Waals surface area contributed by atoms with Crippen LogP contribution in [0, 0.1) is 5.92 Å². The summed E-state index contributed by atoms with van der Waals surface area (Å²) in [5.74, 6) is 1.55. The molecule has 2 saturated heterocycles. The van der Waals surface area contributed by atoms with E-state index in [1.807, 2.05) is 4.90 Å². The zero-order chi connectivity index (χ0) is 18.6. The first-order chi connectivity index (χ1) is 12.7. The second-order valence-electron chi connectivity index (χ2n) is 7.27. The largest absolute Gasteiger partial charge is 0.381 e. The average Bonchev–Trinajstić information content (AvgIpc) is 3.16. The van der Waals surface area contributed by atoms with E-state index in [1.54, 1.807) is 7.05 Å². The molecule has 1 amide bonds. The molecule has 26 heavy (non-hydrogen) atoms. The third-order valence-corrected chi connectivity index (χ3v) is 5.11. The maximum absolute atomic E-state index is 12.3. The molecular weight excluding hydrogens is 332 g/mol. The minimum Gasteiger partial charge on any atom is -0.381 e. The highest BCUT2D eigenvalue weighted by Gasteiger charge is 2.22. The molecule has 2 rings (SSSR count). The zero-order valence-corrected chi connectivity index (χ0v) is 16.5. The van der Waals surface area contributed by atoms with Gasteiger partial charge in [-0.1, -0.05) is 0 Å². The Balaban J connectivity index is 1.49. The van der Waals surface area contributed by atoms with Gasteiger partial charge in [-0.25, -0.2) is 0 Å². The highest BCUT2D eigenvalue weighted by Crippen LogP contribution is 2.17.